The van der Waals surface area contributed by atoms with E-state index in [9.17, 15) is 0 Å². The average Bonchev–Trinajstić information content (AvgIpc) is 2.87. The number of hydrogen-bond acceptors (Lipinski definition) is 4. The molecule has 1 aromatic carbocycles. The molecule has 3 aromatic rings. The minimum atomic E-state index is 0.811. The second kappa shape index (κ2) is 3.85. The van der Waals surface area contributed by atoms with Gasteiger partial charge in [-0.05, 0) is 19.1 Å². The van der Waals surface area contributed by atoms with Crippen LogP contribution < -0.4 is 4.74 Å². The highest BCUT2D eigenvalue weighted by Gasteiger charge is 2.13. The van der Waals surface area contributed by atoms with Crippen LogP contribution >= 0.6 is 11.3 Å². The number of nitrogens with zero attached hydrogens (tertiary/aromatic N) is 3. The Morgan fingerprint density at radius 2 is 2.06 bits per heavy atom. The summed E-state index contributed by atoms with van der Waals surface area (Å²) in [5, 5.41) is 8.39. The molecular formula is C12H11N3OS. The minimum absolute atomic E-state index is 0.811. The molecule has 0 saturated heterocycles. The van der Waals surface area contributed by atoms with Crippen LogP contribution in [0, 0.1) is 6.92 Å². The number of rotatable bonds is 2. The molecule has 4 nitrogen and oxygen atoms in total. The lowest BCUT2D eigenvalue weighted by atomic mass is 10.2. The number of thiazole rings is 1. The van der Waals surface area contributed by atoms with Gasteiger partial charge in [-0.3, -0.25) is 4.40 Å². The molecule has 0 aliphatic heterocycles. The quantitative estimate of drug-likeness (QED) is 0.697. The fourth-order valence-electron chi connectivity index (χ4n) is 1.83. The Morgan fingerprint density at radius 1 is 1.24 bits per heavy atom. The highest BCUT2D eigenvalue weighted by atomic mass is 32.1. The number of ether oxygens (including phenoxy) is 1. The Balaban J connectivity index is 2.26. The summed E-state index contributed by atoms with van der Waals surface area (Å²) in [7, 11) is 1.66. The molecule has 0 fully saturated rings. The van der Waals surface area contributed by atoms with E-state index in [1.165, 1.54) is 4.88 Å². The Labute approximate surface area is 102 Å². The molecule has 0 atom stereocenters. The maximum absolute atomic E-state index is 5.35. The predicted octanol–water partition coefficient (Wildman–Crippen LogP) is 2.77. The third-order valence-electron chi connectivity index (χ3n) is 2.58. The maximum atomic E-state index is 5.35. The number of para-hydroxylation sites is 1. The van der Waals surface area contributed by atoms with Crippen molar-refractivity contribution in [3.05, 3.63) is 35.3 Å². The molecule has 0 N–H and O–H groups in total. The van der Waals surface area contributed by atoms with Crippen LogP contribution in [0.15, 0.2) is 30.5 Å². The third-order valence-corrected chi connectivity index (χ3v) is 3.46. The summed E-state index contributed by atoms with van der Waals surface area (Å²) >= 11 is 1.63. The van der Waals surface area contributed by atoms with E-state index in [4.69, 9.17) is 4.74 Å². The zero-order valence-electron chi connectivity index (χ0n) is 9.54. The van der Waals surface area contributed by atoms with Crippen LogP contribution in [0.3, 0.4) is 0 Å². The fourth-order valence-corrected chi connectivity index (χ4v) is 2.59. The van der Waals surface area contributed by atoms with Gasteiger partial charge in [0.1, 0.15) is 5.75 Å². The fraction of sp³-hybridized carbons (Fsp3) is 0.167. The van der Waals surface area contributed by atoms with Crippen molar-refractivity contribution in [1.82, 2.24) is 14.6 Å². The maximum Gasteiger partial charge on any atom is 0.216 e. The summed E-state index contributed by atoms with van der Waals surface area (Å²) in [5.74, 6) is 1.63. The number of fused-ring (bicyclic) bond motifs is 1. The van der Waals surface area contributed by atoms with E-state index in [1.54, 1.807) is 18.4 Å². The van der Waals surface area contributed by atoms with Crippen molar-refractivity contribution >= 4 is 16.3 Å². The average molecular weight is 245 g/mol. The summed E-state index contributed by atoms with van der Waals surface area (Å²) in [6.07, 6.45) is 2.04. The predicted molar refractivity (Wildman–Crippen MR) is 67.6 cm³/mol. The van der Waals surface area contributed by atoms with Gasteiger partial charge in [-0.25, -0.2) is 0 Å². The lowest BCUT2D eigenvalue weighted by Gasteiger charge is -2.05. The molecule has 86 valence electrons. The van der Waals surface area contributed by atoms with Crippen LogP contribution in [0.2, 0.25) is 0 Å². The van der Waals surface area contributed by atoms with Crippen molar-refractivity contribution < 1.29 is 4.74 Å². The van der Waals surface area contributed by atoms with Gasteiger partial charge in [0.2, 0.25) is 4.96 Å². The van der Waals surface area contributed by atoms with E-state index >= 15 is 0 Å². The van der Waals surface area contributed by atoms with Gasteiger partial charge in [-0.15, -0.1) is 10.2 Å². The third kappa shape index (κ3) is 1.59. The summed E-state index contributed by atoms with van der Waals surface area (Å²) in [4.78, 5) is 2.12. The summed E-state index contributed by atoms with van der Waals surface area (Å²) < 4.78 is 7.35. The zero-order valence-corrected chi connectivity index (χ0v) is 10.4. The van der Waals surface area contributed by atoms with E-state index in [1.807, 2.05) is 34.9 Å². The molecule has 0 spiro atoms. The molecule has 0 saturated carbocycles. The molecule has 3 rings (SSSR count). The molecule has 0 aliphatic carbocycles. The molecule has 2 heterocycles. The molecule has 2 aromatic heterocycles. The van der Waals surface area contributed by atoms with Crippen LogP contribution in [0.5, 0.6) is 5.75 Å². The number of aromatic nitrogens is 3. The second-order valence-electron chi connectivity index (χ2n) is 3.72. The Bertz CT molecular complexity index is 671. The topological polar surface area (TPSA) is 39.4 Å². The number of aryl methyl sites for hydroxylation is 1. The van der Waals surface area contributed by atoms with E-state index in [-0.39, 0.29) is 0 Å². The lowest BCUT2D eigenvalue weighted by molar-refractivity contribution is 0.416. The normalized spacial score (nSPS) is 10.9. The number of methoxy groups -OCH3 is 1. The molecular weight excluding hydrogens is 234 g/mol. The van der Waals surface area contributed by atoms with Gasteiger partial charge in [0.05, 0.1) is 12.7 Å². The first-order chi connectivity index (χ1) is 8.29. The SMILES string of the molecule is COc1ccccc1-c1nnc2sc(C)cn12. The molecule has 0 radical (unpaired) electrons. The Hall–Kier alpha value is -1.88. The van der Waals surface area contributed by atoms with Gasteiger partial charge in [-0.1, -0.05) is 23.5 Å². The van der Waals surface area contributed by atoms with Crippen molar-refractivity contribution in [3.8, 4) is 17.1 Å². The van der Waals surface area contributed by atoms with Crippen LogP contribution in [-0.2, 0) is 0 Å². The minimum Gasteiger partial charge on any atom is -0.496 e. The first-order valence-electron chi connectivity index (χ1n) is 5.24. The van der Waals surface area contributed by atoms with Gasteiger partial charge in [-0.2, -0.15) is 0 Å². The number of benzene rings is 1. The first-order valence-corrected chi connectivity index (χ1v) is 6.06. The molecule has 0 unspecified atom stereocenters. The highest BCUT2D eigenvalue weighted by Crippen LogP contribution is 2.30. The van der Waals surface area contributed by atoms with Gasteiger partial charge >= 0.3 is 0 Å². The van der Waals surface area contributed by atoms with Gasteiger partial charge in [0, 0.05) is 11.1 Å². The molecule has 0 aliphatic rings. The van der Waals surface area contributed by atoms with Gasteiger partial charge in [0.25, 0.3) is 0 Å². The van der Waals surface area contributed by atoms with Crippen LogP contribution in [0.25, 0.3) is 16.3 Å². The largest absolute Gasteiger partial charge is 0.496 e. The van der Waals surface area contributed by atoms with E-state index in [2.05, 4.69) is 17.1 Å². The van der Waals surface area contributed by atoms with E-state index in [0.29, 0.717) is 0 Å². The first kappa shape index (κ1) is 10.3. The zero-order chi connectivity index (χ0) is 11.8. The molecule has 17 heavy (non-hydrogen) atoms. The molecule has 0 bridgehead atoms. The van der Waals surface area contributed by atoms with E-state index in [0.717, 1.165) is 22.1 Å². The Morgan fingerprint density at radius 3 is 2.88 bits per heavy atom. The number of hydrogen-bond donors (Lipinski definition) is 0. The van der Waals surface area contributed by atoms with Crippen molar-refractivity contribution in [3.63, 3.8) is 0 Å². The lowest BCUT2D eigenvalue weighted by Crippen LogP contribution is -1.91. The monoisotopic (exact) mass is 245 g/mol. The molecule has 5 heteroatoms. The summed E-state index contributed by atoms with van der Waals surface area (Å²) in [6.45, 7) is 2.06. The van der Waals surface area contributed by atoms with Crippen molar-refractivity contribution in [2.75, 3.05) is 7.11 Å². The van der Waals surface area contributed by atoms with E-state index < -0.39 is 0 Å². The van der Waals surface area contributed by atoms with Crippen molar-refractivity contribution in [1.29, 1.82) is 0 Å². The Kier molecular flexibility index (Phi) is 2.33. The van der Waals surface area contributed by atoms with Crippen LogP contribution in [-0.4, -0.2) is 21.7 Å². The second-order valence-corrected chi connectivity index (χ2v) is 4.93. The summed E-state index contributed by atoms with van der Waals surface area (Å²) in [6, 6.07) is 7.83. The van der Waals surface area contributed by atoms with Crippen LogP contribution in [0.4, 0.5) is 0 Å². The smallest absolute Gasteiger partial charge is 0.216 e. The van der Waals surface area contributed by atoms with Crippen molar-refractivity contribution in [2.45, 2.75) is 6.92 Å². The van der Waals surface area contributed by atoms with Gasteiger partial charge < -0.3 is 4.74 Å². The summed E-state index contributed by atoms with van der Waals surface area (Å²) in [5.41, 5.74) is 0.959. The molecule has 0 amide bonds. The van der Waals surface area contributed by atoms with Crippen LogP contribution in [0.1, 0.15) is 4.88 Å². The van der Waals surface area contributed by atoms with Gasteiger partial charge in [0.15, 0.2) is 5.82 Å². The van der Waals surface area contributed by atoms with Crippen molar-refractivity contribution in [2.24, 2.45) is 0 Å². The standard InChI is InChI=1S/C12H11N3OS/c1-8-7-15-11(13-14-12(15)17-8)9-5-3-4-6-10(9)16-2/h3-7H,1-2H3. The highest BCUT2D eigenvalue weighted by molar-refractivity contribution is 7.16.